The van der Waals surface area contributed by atoms with Gasteiger partial charge in [-0.3, -0.25) is 14.7 Å². The second-order valence-electron chi connectivity index (χ2n) is 4.24. The van der Waals surface area contributed by atoms with E-state index in [2.05, 4.69) is 14.9 Å². The molecule has 1 aliphatic heterocycles. The smallest absolute Gasteiger partial charge is 0.325 e. The van der Waals surface area contributed by atoms with Gasteiger partial charge in [-0.1, -0.05) is 0 Å². The number of hydrogen-bond donors (Lipinski definition) is 2. The van der Waals surface area contributed by atoms with Gasteiger partial charge in [0.05, 0.1) is 5.56 Å². The van der Waals surface area contributed by atoms with E-state index in [0.29, 0.717) is 12.1 Å². The Morgan fingerprint density at radius 1 is 1.35 bits per heavy atom. The molecule has 0 bridgehead atoms. The first kappa shape index (κ1) is 12.1. The molecule has 0 spiro atoms. The van der Waals surface area contributed by atoms with E-state index < -0.39 is 5.69 Å². The van der Waals surface area contributed by atoms with Crippen molar-refractivity contribution in [3.8, 4) is 0 Å². The first-order valence-corrected chi connectivity index (χ1v) is 5.76. The highest BCUT2D eigenvalue weighted by molar-refractivity contribution is 5.18. The molecule has 2 N–H and O–H groups in total. The number of aromatic amines is 2. The number of rotatable bonds is 4. The third-order valence-corrected chi connectivity index (χ3v) is 3.01. The maximum atomic E-state index is 11.6. The van der Waals surface area contributed by atoms with Crippen molar-refractivity contribution in [1.29, 1.82) is 0 Å². The van der Waals surface area contributed by atoms with Crippen LogP contribution in [-0.4, -0.2) is 41.7 Å². The van der Waals surface area contributed by atoms with Gasteiger partial charge in [-0.2, -0.15) is 0 Å². The van der Waals surface area contributed by atoms with E-state index in [1.165, 1.54) is 0 Å². The summed E-state index contributed by atoms with van der Waals surface area (Å²) in [7, 11) is 1.68. The average molecular weight is 239 g/mol. The van der Waals surface area contributed by atoms with E-state index in [-0.39, 0.29) is 5.56 Å². The number of fused-ring (bicyclic) bond motifs is 1. The molecule has 0 unspecified atom stereocenters. The predicted molar refractivity (Wildman–Crippen MR) is 63.2 cm³/mol. The maximum absolute atomic E-state index is 11.6. The summed E-state index contributed by atoms with van der Waals surface area (Å²) in [4.78, 5) is 29.9. The van der Waals surface area contributed by atoms with Crippen LogP contribution < -0.4 is 11.2 Å². The highest BCUT2D eigenvalue weighted by atomic mass is 16.5. The van der Waals surface area contributed by atoms with Crippen LogP contribution in [-0.2, 0) is 17.7 Å². The number of nitrogens with zero attached hydrogens (tertiary/aromatic N) is 1. The van der Waals surface area contributed by atoms with Gasteiger partial charge in [0.25, 0.3) is 5.56 Å². The van der Waals surface area contributed by atoms with Crippen molar-refractivity contribution >= 4 is 0 Å². The van der Waals surface area contributed by atoms with E-state index in [1.807, 2.05) is 0 Å². The molecular formula is C11H17N3O3. The van der Waals surface area contributed by atoms with E-state index in [1.54, 1.807) is 7.11 Å². The van der Waals surface area contributed by atoms with Crippen LogP contribution in [0.3, 0.4) is 0 Å². The average Bonchev–Trinajstić information content (AvgIpc) is 2.30. The molecule has 0 amide bonds. The molecule has 6 nitrogen and oxygen atoms in total. The Kier molecular flexibility index (Phi) is 3.75. The van der Waals surface area contributed by atoms with Crippen LogP contribution in [0.15, 0.2) is 9.59 Å². The van der Waals surface area contributed by atoms with Crippen molar-refractivity contribution in [3.05, 3.63) is 32.1 Å². The second kappa shape index (κ2) is 5.29. The summed E-state index contributed by atoms with van der Waals surface area (Å²) in [6.45, 7) is 3.11. The third-order valence-electron chi connectivity index (χ3n) is 3.01. The molecule has 2 rings (SSSR count). The molecule has 0 atom stereocenters. The van der Waals surface area contributed by atoms with Crippen LogP contribution in [0.2, 0.25) is 0 Å². The SMILES string of the molecule is COCCCN1CCc2[nH]c(=O)[nH]c(=O)c2C1. The van der Waals surface area contributed by atoms with Gasteiger partial charge in [-0.15, -0.1) is 0 Å². The minimum atomic E-state index is -0.415. The fourth-order valence-electron chi connectivity index (χ4n) is 2.14. The summed E-state index contributed by atoms with van der Waals surface area (Å²) >= 11 is 0. The van der Waals surface area contributed by atoms with Crippen LogP contribution in [0.5, 0.6) is 0 Å². The van der Waals surface area contributed by atoms with Crippen molar-refractivity contribution < 1.29 is 4.74 Å². The van der Waals surface area contributed by atoms with Crippen molar-refractivity contribution in [1.82, 2.24) is 14.9 Å². The van der Waals surface area contributed by atoms with Crippen LogP contribution in [0.4, 0.5) is 0 Å². The second-order valence-corrected chi connectivity index (χ2v) is 4.24. The molecule has 17 heavy (non-hydrogen) atoms. The van der Waals surface area contributed by atoms with E-state index >= 15 is 0 Å². The van der Waals surface area contributed by atoms with Gasteiger partial charge in [0.15, 0.2) is 0 Å². The standard InChI is InChI=1S/C11H17N3O3/c1-17-6-2-4-14-5-3-9-8(7-14)10(15)13-11(16)12-9/h2-7H2,1H3,(H2,12,13,15,16). The summed E-state index contributed by atoms with van der Waals surface area (Å²) in [5.74, 6) is 0. The Balaban J connectivity index is 2.08. The maximum Gasteiger partial charge on any atom is 0.325 e. The zero-order valence-electron chi connectivity index (χ0n) is 9.91. The molecule has 0 saturated heterocycles. The van der Waals surface area contributed by atoms with Gasteiger partial charge in [0, 0.05) is 45.5 Å². The Labute approximate surface area is 98.6 Å². The number of methoxy groups -OCH3 is 1. The highest BCUT2D eigenvalue weighted by Gasteiger charge is 2.19. The Bertz CT molecular complexity index is 491. The van der Waals surface area contributed by atoms with Gasteiger partial charge < -0.3 is 9.72 Å². The van der Waals surface area contributed by atoms with Gasteiger partial charge in [0.2, 0.25) is 0 Å². The lowest BCUT2D eigenvalue weighted by Gasteiger charge is -2.27. The predicted octanol–water partition coefficient (Wildman–Crippen LogP) is -0.542. The molecule has 1 aromatic rings. The van der Waals surface area contributed by atoms with Crippen molar-refractivity contribution in [2.75, 3.05) is 26.8 Å². The van der Waals surface area contributed by atoms with Gasteiger partial charge in [-0.25, -0.2) is 4.79 Å². The number of H-pyrrole nitrogens is 2. The fourth-order valence-corrected chi connectivity index (χ4v) is 2.14. The summed E-state index contributed by atoms with van der Waals surface area (Å²) in [5, 5.41) is 0. The lowest BCUT2D eigenvalue weighted by molar-refractivity contribution is 0.166. The lowest BCUT2D eigenvalue weighted by Crippen LogP contribution is -2.39. The molecule has 6 heteroatoms. The van der Waals surface area contributed by atoms with Gasteiger partial charge >= 0.3 is 5.69 Å². The number of aromatic nitrogens is 2. The lowest BCUT2D eigenvalue weighted by atomic mass is 10.1. The number of hydrogen-bond acceptors (Lipinski definition) is 4. The first-order valence-electron chi connectivity index (χ1n) is 5.76. The minimum absolute atomic E-state index is 0.264. The fraction of sp³-hybridized carbons (Fsp3) is 0.636. The van der Waals surface area contributed by atoms with Crippen molar-refractivity contribution in [2.45, 2.75) is 19.4 Å². The van der Waals surface area contributed by atoms with Crippen LogP contribution in [0, 0.1) is 0 Å². The molecule has 0 fully saturated rings. The molecule has 0 aliphatic carbocycles. The summed E-state index contributed by atoms with van der Waals surface area (Å²) in [6, 6.07) is 0. The topological polar surface area (TPSA) is 78.2 Å². The zero-order valence-corrected chi connectivity index (χ0v) is 9.91. The Hall–Kier alpha value is -1.40. The molecule has 0 aromatic carbocycles. The number of ether oxygens (including phenoxy) is 1. The van der Waals surface area contributed by atoms with E-state index in [0.717, 1.165) is 38.2 Å². The third kappa shape index (κ3) is 2.83. The number of nitrogens with one attached hydrogen (secondary N) is 2. The van der Waals surface area contributed by atoms with Gasteiger partial charge in [0.1, 0.15) is 0 Å². The van der Waals surface area contributed by atoms with Crippen LogP contribution in [0.1, 0.15) is 17.7 Å². The molecular weight excluding hydrogens is 222 g/mol. The normalized spacial score (nSPS) is 15.8. The molecule has 1 aromatic heterocycles. The molecule has 0 radical (unpaired) electrons. The van der Waals surface area contributed by atoms with E-state index in [9.17, 15) is 9.59 Å². The molecule has 1 aliphatic rings. The van der Waals surface area contributed by atoms with Crippen LogP contribution in [0.25, 0.3) is 0 Å². The Morgan fingerprint density at radius 3 is 2.94 bits per heavy atom. The minimum Gasteiger partial charge on any atom is -0.385 e. The Morgan fingerprint density at radius 2 is 2.18 bits per heavy atom. The summed E-state index contributed by atoms with van der Waals surface area (Å²) in [5.41, 5.74) is 0.789. The molecule has 2 heterocycles. The highest BCUT2D eigenvalue weighted by Crippen LogP contribution is 2.11. The van der Waals surface area contributed by atoms with Crippen LogP contribution >= 0.6 is 0 Å². The monoisotopic (exact) mass is 239 g/mol. The largest absolute Gasteiger partial charge is 0.385 e. The van der Waals surface area contributed by atoms with E-state index in [4.69, 9.17) is 4.74 Å². The summed E-state index contributed by atoms with van der Waals surface area (Å²) < 4.78 is 5.00. The molecule has 0 saturated carbocycles. The quantitative estimate of drug-likeness (QED) is 0.692. The first-order chi connectivity index (χ1) is 8.20. The zero-order chi connectivity index (χ0) is 12.3. The summed E-state index contributed by atoms with van der Waals surface area (Å²) in [6.07, 6.45) is 1.68. The van der Waals surface area contributed by atoms with Crippen molar-refractivity contribution in [3.63, 3.8) is 0 Å². The molecule has 94 valence electrons. The van der Waals surface area contributed by atoms with Gasteiger partial charge in [-0.05, 0) is 6.42 Å². The van der Waals surface area contributed by atoms with Crippen molar-refractivity contribution in [2.24, 2.45) is 0 Å².